The predicted octanol–water partition coefficient (Wildman–Crippen LogP) is 1.85. The molecule has 0 amide bonds. The molecular weight excluding hydrogens is 277 g/mol. The van der Waals surface area contributed by atoms with Crippen LogP contribution in [-0.2, 0) is 9.53 Å². The zero-order valence-corrected chi connectivity index (χ0v) is 11.3. The normalized spacial score (nSPS) is 9.33. The van der Waals surface area contributed by atoms with E-state index in [-0.39, 0.29) is 30.1 Å². The molecule has 0 radical (unpaired) electrons. The van der Waals surface area contributed by atoms with Crippen molar-refractivity contribution in [1.29, 1.82) is 5.26 Å². The van der Waals surface area contributed by atoms with Crippen molar-refractivity contribution in [3.8, 4) is 24.2 Å². The summed E-state index contributed by atoms with van der Waals surface area (Å²) in [7, 11) is 0. The number of benzene rings is 1. The molecule has 0 fully saturated rings. The molecule has 1 aromatic carbocycles. The Morgan fingerprint density at radius 3 is 2.71 bits per heavy atom. The number of halogens is 1. The number of nitrogens with zero attached hydrogens (tertiary/aromatic N) is 1. The lowest BCUT2D eigenvalue weighted by Crippen LogP contribution is -2.13. The predicted molar refractivity (Wildman–Crippen MR) is 71.0 cm³/mol. The molecular formula is C15H12FNO4. The van der Waals surface area contributed by atoms with Crippen LogP contribution in [0.3, 0.4) is 0 Å². The highest BCUT2D eigenvalue weighted by Crippen LogP contribution is 2.23. The van der Waals surface area contributed by atoms with Crippen LogP contribution in [0.5, 0.6) is 5.75 Å². The molecule has 0 bridgehead atoms. The Balaban J connectivity index is 3.07. The SMILES string of the molecule is C#Cc1cc(F)c(C(=O)CC(=O)OCC)cc1OCC#N. The van der Waals surface area contributed by atoms with Crippen molar-refractivity contribution in [2.24, 2.45) is 0 Å². The first kappa shape index (κ1) is 16.2. The highest BCUT2D eigenvalue weighted by Gasteiger charge is 2.19. The van der Waals surface area contributed by atoms with Gasteiger partial charge in [-0.3, -0.25) is 9.59 Å². The molecule has 108 valence electrons. The van der Waals surface area contributed by atoms with Crippen LogP contribution < -0.4 is 4.74 Å². The van der Waals surface area contributed by atoms with Gasteiger partial charge < -0.3 is 9.47 Å². The van der Waals surface area contributed by atoms with Gasteiger partial charge in [0.15, 0.2) is 12.4 Å². The van der Waals surface area contributed by atoms with Gasteiger partial charge in [0.2, 0.25) is 0 Å². The molecule has 0 saturated carbocycles. The number of ketones is 1. The lowest BCUT2D eigenvalue weighted by Gasteiger charge is -2.09. The van der Waals surface area contributed by atoms with Crippen LogP contribution in [-0.4, -0.2) is 25.0 Å². The van der Waals surface area contributed by atoms with E-state index >= 15 is 0 Å². The summed E-state index contributed by atoms with van der Waals surface area (Å²) in [5.41, 5.74) is -0.259. The van der Waals surface area contributed by atoms with Crippen LogP contribution >= 0.6 is 0 Å². The number of Topliss-reactive ketones (excluding diaryl/α,β-unsaturated/α-hetero) is 1. The number of ether oxygens (including phenoxy) is 2. The minimum atomic E-state index is -0.860. The molecule has 0 saturated heterocycles. The number of hydrogen-bond acceptors (Lipinski definition) is 5. The molecule has 5 nitrogen and oxygen atoms in total. The molecule has 0 spiro atoms. The van der Waals surface area contributed by atoms with Gasteiger partial charge in [-0.1, -0.05) is 5.92 Å². The third-order valence-electron chi connectivity index (χ3n) is 2.43. The van der Waals surface area contributed by atoms with E-state index < -0.39 is 24.0 Å². The van der Waals surface area contributed by atoms with Gasteiger partial charge in [0, 0.05) is 0 Å². The number of esters is 1. The van der Waals surface area contributed by atoms with Crippen molar-refractivity contribution in [3.63, 3.8) is 0 Å². The summed E-state index contributed by atoms with van der Waals surface area (Å²) in [6.45, 7) is 1.42. The molecule has 0 aliphatic heterocycles. The molecule has 6 heteroatoms. The van der Waals surface area contributed by atoms with Gasteiger partial charge in [-0.25, -0.2) is 4.39 Å². The number of hydrogen-bond donors (Lipinski definition) is 0. The van der Waals surface area contributed by atoms with Crippen LogP contribution in [0.4, 0.5) is 4.39 Å². The Bertz CT molecular complexity index is 640. The molecule has 0 aromatic heterocycles. The standard InChI is InChI=1S/C15H12FNO4/c1-3-10-7-12(16)11(8-14(10)21-6-5-17)13(18)9-15(19)20-4-2/h1,7-8H,4,6,9H2,2H3. The summed E-state index contributed by atoms with van der Waals surface area (Å²) in [6.07, 6.45) is 4.61. The Hall–Kier alpha value is -2.86. The van der Waals surface area contributed by atoms with Gasteiger partial charge in [0.05, 0.1) is 17.7 Å². The molecule has 0 N–H and O–H groups in total. The first-order chi connectivity index (χ1) is 10.0. The van der Waals surface area contributed by atoms with Crippen molar-refractivity contribution in [3.05, 3.63) is 29.1 Å². The van der Waals surface area contributed by atoms with Crippen LogP contribution in [0.1, 0.15) is 29.3 Å². The minimum absolute atomic E-state index is 0.0349. The monoisotopic (exact) mass is 289 g/mol. The van der Waals surface area contributed by atoms with E-state index in [0.717, 1.165) is 12.1 Å². The molecule has 0 aliphatic carbocycles. The van der Waals surface area contributed by atoms with E-state index in [1.807, 2.05) is 0 Å². The van der Waals surface area contributed by atoms with Crippen molar-refractivity contribution >= 4 is 11.8 Å². The number of nitriles is 1. The molecule has 1 rings (SSSR count). The third kappa shape index (κ3) is 4.32. The largest absolute Gasteiger partial charge is 0.477 e. The van der Waals surface area contributed by atoms with Crippen molar-refractivity contribution < 1.29 is 23.5 Å². The number of carbonyl (C=O) groups excluding carboxylic acids is 2. The highest BCUT2D eigenvalue weighted by molar-refractivity contribution is 6.06. The summed E-state index contributed by atoms with van der Waals surface area (Å²) < 4.78 is 23.5. The van der Waals surface area contributed by atoms with Gasteiger partial charge in [-0.15, -0.1) is 6.42 Å². The molecule has 0 aliphatic rings. The van der Waals surface area contributed by atoms with E-state index in [1.165, 1.54) is 0 Å². The van der Waals surface area contributed by atoms with Gasteiger partial charge in [-0.2, -0.15) is 5.26 Å². The summed E-state index contributed by atoms with van der Waals surface area (Å²) >= 11 is 0. The van der Waals surface area contributed by atoms with Crippen molar-refractivity contribution in [2.75, 3.05) is 13.2 Å². The maximum absolute atomic E-state index is 13.8. The quantitative estimate of drug-likeness (QED) is 0.346. The first-order valence-electron chi connectivity index (χ1n) is 6.02. The fraction of sp³-hybridized carbons (Fsp3) is 0.267. The van der Waals surface area contributed by atoms with Gasteiger partial charge in [0.25, 0.3) is 0 Å². The summed E-state index contributed by atoms with van der Waals surface area (Å²) in [4.78, 5) is 23.1. The smallest absolute Gasteiger partial charge is 0.313 e. The number of rotatable bonds is 6. The zero-order valence-electron chi connectivity index (χ0n) is 11.3. The average molecular weight is 289 g/mol. The van der Waals surface area contributed by atoms with Gasteiger partial charge >= 0.3 is 5.97 Å². The van der Waals surface area contributed by atoms with Crippen molar-refractivity contribution in [1.82, 2.24) is 0 Å². The summed E-state index contributed by atoms with van der Waals surface area (Å²) in [6, 6.07) is 3.77. The second kappa shape index (κ2) is 7.66. The van der Waals surface area contributed by atoms with E-state index in [1.54, 1.807) is 13.0 Å². The molecule has 0 atom stereocenters. The van der Waals surface area contributed by atoms with E-state index in [4.69, 9.17) is 16.4 Å². The topological polar surface area (TPSA) is 76.4 Å². The second-order valence-electron chi connectivity index (χ2n) is 3.82. The van der Waals surface area contributed by atoms with Crippen LogP contribution in [0.2, 0.25) is 0 Å². The third-order valence-corrected chi connectivity index (χ3v) is 2.43. The van der Waals surface area contributed by atoms with Crippen LogP contribution in [0, 0.1) is 29.5 Å². The van der Waals surface area contributed by atoms with Crippen LogP contribution in [0.25, 0.3) is 0 Å². The first-order valence-corrected chi connectivity index (χ1v) is 6.02. The maximum atomic E-state index is 13.8. The van der Waals surface area contributed by atoms with Crippen molar-refractivity contribution in [2.45, 2.75) is 13.3 Å². The van der Waals surface area contributed by atoms with Gasteiger partial charge in [0.1, 0.15) is 24.1 Å². The Morgan fingerprint density at radius 2 is 2.14 bits per heavy atom. The van der Waals surface area contributed by atoms with E-state index in [0.29, 0.717) is 0 Å². The Kier molecular flexibility index (Phi) is 5.91. The van der Waals surface area contributed by atoms with E-state index in [2.05, 4.69) is 10.7 Å². The highest BCUT2D eigenvalue weighted by atomic mass is 19.1. The lowest BCUT2D eigenvalue weighted by molar-refractivity contribution is -0.141. The lowest BCUT2D eigenvalue weighted by atomic mass is 10.0. The number of terminal acetylenes is 1. The summed E-state index contributed by atoms with van der Waals surface area (Å²) in [5, 5.41) is 8.47. The maximum Gasteiger partial charge on any atom is 0.313 e. The minimum Gasteiger partial charge on any atom is -0.477 e. The molecule has 1 aromatic rings. The van der Waals surface area contributed by atoms with Gasteiger partial charge in [-0.05, 0) is 19.1 Å². The fourth-order valence-corrected chi connectivity index (χ4v) is 1.55. The second-order valence-corrected chi connectivity index (χ2v) is 3.82. The average Bonchev–Trinajstić information content (AvgIpc) is 2.45. The summed E-state index contributed by atoms with van der Waals surface area (Å²) in [5.74, 6) is -0.131. The van der Waals surface area contributed by atoms with E-state index in [9.17, 15) is 14.0 Å². The number of carbonyl (C=O) groups is 2. The van der Waals surface area contributed by atoms with Crippen LogP contribution in [0.15, 0.2) is 12.1 Å². The zero-order chi connectivity index (χ0) is 15.8. The Morgan fingerprint density at radius 1 is 1.43 bits per heavy atom. The molecule has 0 heterocycles. The molecule has 21 heavy (non-hydrogen) atoms. The fourth-order valence-electron chi connectivity index (χ4n) is 1.55. The Labute approximate surface area is 121 Å². The molecule has 0 unspecified atom stereocenters.